The lowest BCUT2D eigenvalue weighted by atomic mass is 9.80. The topological polar surface area (TPSA) is 35.8 Å². The molecule has 0 unspecified atom stereocenters. The highest BCUT2D eigenvalue weighted by Crippen LogP contribution is 2.42. The molecule has 2 aromatic rings. The minimum absolute atomic E-state index is 0.192. The molecular weight excluding hydrogens is 272 g/mol. The Morgan fingerprint density at radius 2 is 1.50 bits per heavy atom. The van der Waals surface area contributed by atoms with Crippen molar-refractivity contribution >= 4 is 5.71 Å². The van der Waals surface area contributed by atoms with Gasteiger partial charge >= 0.3 is 0 Å². The van der Waals surface area contributed by atoms with Crippen LogP contribution in [0.25, 0.3) is 0 Å². The number of rotatable bonds is 2. The fourth-order valence-electron chi connectivity index (χ4n) is 3.59. The molecule has 1 saturated heterocycles. The molecule has 3 atom stereocenters. The highest BCUT2D eigenvalue weighted by molar-refractivity contribution is 5.88. The number of piperidine rings is 1. The van der Waals surface area contributed by atoms with E-state index < -0.39 is 0 Å². The Balaban J connectivity index is 2.01. The van der Waals surface area contributed by atoms with Gasteiger partial charge in [-0.15, -0.1) is 0 Å². The molecule has 0 amide bonds. The van der Waals surface area contributed by atoms with Crippen LogP contribution in [0.2, 0.25) is 0 Å². The molecule has 0 aliphatic carbocycles. The second-order valence-electron chi connectivity index (χ2n) is 6.03. The normalized spacial score (nSPS) is 27.9. The highest BCUT2D eigenvalue weighted by atomic mass is 16.4. The Kier molecular flexibility index (Phi) is 4.25. The maximum Gasteiger partial charge on any atom is 0.0636 e. The SMILES string of the molecule is C[C@H]1C(=NO)C[C@@H](c2ccccc2)N(C)[C@H]1c1ccccc1. The predicted octanol–water partition coefficient (Wildman–Crippen LogP) is 4.27. The first-order valence-corrected chi connectivity index (χ1v) is 7.75. The molecule has 114 valence electrons. The summed E-state index contributed by atoms with van der Waals surface area (Å²) in [6.45, 7) is 2.14. The third-order valence-corrected chi connectivity index (χ3v) is 4.79. The number of likely N-dealkylation sites (tertiary alicyclic amines) is 1. The fraction of sp³-hybridized carbons (Fsp3) is 0.316. The van der Waals surface area contributed by atoms with Crippen LogP contribution < -0.4 is 0 Å². The Hall–Kier alpha value is -2.13. The van der Waals surface area contributed by atoms with Crippen molar-refractivity contribution < 1.29 is 5.21 Å². The van der Waals surface area contributed by atoms with Gasteiger partial charge in [-0.05, 0) is 18.2 Å². The summed E-state index contributed by atoms with van der Waals surface area (Å²) in [7, 11) is 2.17. The molecule has 0 radical (unpaired) electrons. The van der Waals surface area contributed by atoms with Gasteiger partial charge in [0.15, 0.2) is 0 Å². The maximum atomic E-state index is 9.45. The minimum atomic E-state index is 0.192. The summed E-state index contributed by atoms with van der Waals surface area (Å²) in [6.07, 6.45) is 0.765. The average molecular weight is 294 g/mol. The van der Waals surface area contributed by atoms with Crippen LogP contribution in [-0.4, -0.2) is 22.9 Å². The largest absolute Gasteiger partial charge is 0.411 e. The van der Waals surface area contributed by atoms with Crippen LogP contribution in [0.3, 0.4) is 0 Å². The molecule has 1 aliphatic rings. The van der Waals surface area contributed by atoms with Gasteiger partial charge in [-0.1, -0.05) is 72.7 Å². The zero-order chi connectivity index (χ0) is 15.5. The first-order valence-electron chi connectivity index (χ1n) is 7.75. The van der Waals surface area contributed by atoms with Crippen molar-refractivity contribution in [3.05, 3.63) is 71.8 Å². The van der Waals surface area contributed by atoms with Gasteiger partial charge in [0.1, 0.15) is 0 Å². The van der Waals surface area contributed by atoms with Crippen LogP contribution in [0, 0.1) is 5.92 Å². The van der Waals surface area contributed by atoms with Crippen LogP contribution >= 0.6 is 0 Å². The van der Waals surface area contributed by atoms with E-state index in [1.165, 1.54) is 11.1 Å². The third-order valence-electron chi connectivity index (χ3n) is 4.79. The summed E-state index contributed by atoms with van der Waals surface area (Å²) in [5, 5.41) is 13.1. The molecule has 0 spiro atoms. The Labute approximate surface area is 131 Å². The quantitative estimate of drug-likeness (QED) is 0.663. The molecule has 1 N–H and O–H groups in total. The van der Waals surface area contributed by atoms with E-state index in [1.807, 2.05) is 12.1 Å². The van der Waals surface area contributed by atoms with Crippen molar-refractivity contribution in [2.45, 2.75) is 25.4 Å². The van der Waals surface area contributed by atoms with E-state index in [-0.39, 0.29) is 18.0 Å². The van der Waals surface area contributed by atoms with Gasteiger partial charge in [0.2, 0.25) is 0 Å². The zero-order valence-electron chi connectivity index (χ0n) is 13.1. The lowest BCUT2D eigenvalue weighted by Gasteiger charge is -2.44. The lowest BCUT2D eigenvalue weighted by Crippen LogP contribution is -2.42. The molecule has 0 saturated carbocycles. The number of oxime groups is 1. The summed E-state index contributed by atoms with van der Waals surface area (Å²) in [5.74, 6) is 0.192. The summed E-state index contributed by atoms with van der Waals surface area (Å²) in [4.78, 5) is 2.41. The van der Waals surface area contributed by atoms with Crippen molar-refractivity contribution in [2.24, 2.45) is 11.1 Å². The van der Waals surface area contributed by atoms with Crippen molar-refractivity contribution in [1.29, 1.82) is 0 Å². The molecule has 1 heterocycles. The highest BCUT2D eigenvalue weighted by Gasteiger charge is 2.38. The van der Waals surface area contributed by atoms with Crippen LogP contribution in [0.1, 0.15) is 36.6 Å². The molecule has 0 aromatic heterocycles. The molecule has 22 heavy (non-hydrogen) atoms. The second kappa shape index (κ2) is 6.32. The molecular formula is C19H22N2O. The van der Waals surface area contributed by atoms with Crippen LogP contribution in [0.5, 0.6) is 0 Å². The first kappa shape index (κ1) is 14.8. The van der Waals surface area contributed by atoms with E-state index in [2.05, 4.69) is 72.6 Å². The van der Waals surface area contributed by atoms with Gasteiger partial charge < -0.3 is 5.21 Å². The summed E-state index contributed by atoms with van der Waals surface area (Å²) in [6, 6.07) is 21.4. The smallest absolute Gasteiger partial charge is 0.0636 e. The Morgan fingerprint density at radius 1 is 0.955 bits per heavy atom. The monoisotopic (exact) mass is 294 g/mol. The minimum Gasteiger partial charge on any atom is -0.411 e. The molecule has 1 aliphatic heterocycles. The Morgan fingerprint density at radius 3 is 2.05 bits per heavy atom. The lowest BCUT2D eigenvalue weighted by molar-refractivity contribution is 0.128. The third kappa shape index (κ3) is 2.64. The van der Waals surface area contributed by atoms with Crippen LogP contribution in [-0.2, 0) is 0 Å². The first-order chi connectivity index (χ1) is 10.7. The van der Waals surface area contributed by atoms with Gasteiger partial charge in [0.05, 0.1) is 5.71 Å². The van der Waals surface area contributed by atoms with E-state index in [4.69, 9.17) is 0 Å². The summed E-state index contributed by atoms with van der Waals surface area (Å²) >= 11 is 0. The predicted molar refractivity (Wildman–Crippen MR) is 89.1 cm³/mol. The number of benzene rings is 2. The van der Waals surface area contributed by atoms with E-state index >= 15 is 0 Å². The van der Waals surface area contributed by atoms with Gasteiger partial charge in [-0.25, -0.2) is 0 Å². The van der Waals surface area contributed by atoms with Gasteiger partial charge in [0.25, 0.3) is 0 Å². The van der Waals surface area contributed by atoms with Gasteiger partial charge in [-0.2, -0.15) is 0 Å². The number of hydrogen-bond donors (Lipinski definition) is 1. The summed E-state index contributed by atoms with van der Waals surface area (Å²) in [5.41, 5.74) is 3.40. The van der Waals surface area contributed by atoms with E-state index in [0.29, 0.717) is 0 Å². The zero-order valence-corrected chi connectivity index (χ0v) is 13.1. The standard InChI is InChI=1S/C19H22N2O/c1-14-17(20-22)13-18(15-9-5-3-6-10-15)21(2)19(14)16-11-7-4-8-12-16/h3-12,14,18-19,22H,13H2,1-2H3/t14-,18-,19+/m0/s1. The van der Waals surface area contributed by atoms with Crippen molar-refractivity contribution in [3.63, 3.8) is 0 Å². The fourth-order valence-corrected chi connectivity index (χ4v) is 3.59. The molecule has 3 nitrogen and oxygen atoms in total. The molecule has 3 heteroatoms. The molecule has 1 fully saturated rings. The van der Waals surface area contributed by atoms with Crippen molar-refractivity contribution in [1.82, 2.24) is 4.90 Å². The molecule has 2 aromatic carbocycles. The van der Waals surface area contributed by atoms with Crippen LogP contribution in [0.4, 0.5) is 0 Å². The Bertz CT molecular complexity index is 639. The molecule has 3 rings (SSSR count). The average Bonchev–Trinajstić information content (AvgIpc) is 2.57. The van der Waals surface area contributed by atoms with Gasteiger partial charge in [-0.3, -0.25) is 4.90 Å². The van der Waals surface area contributed by atoms with Crippen molar-refractivity contribution in [3.8, 4) is 0 Å². The maximum absolute atomic E-state index is 9.45. The summed E-state index contributed by atoms with van der Waals surface area (Å²) < 4.78 is 0. The number of nitrogens with zero attached hydrogens (tertiary/aromatic N) is 2. The van der Waals surface area contributed by atoms with E-state index in [1.54, 1.807) is 0 Å². The van der Waals surface area contributed by atoms with Gasteiger partial charge in [0, 0.05) is 24.4 Å². The van der Waals surface area contributed by atoms with Crippen LogP contribution in [0.15, 0.2) is 65.8 Å². The number of hydrogen-bond acceptors (Lipinski definition) is 3. The van der Waals surface area contributed by atoms with E-state index in [9.17, 15) is 5.21 Å². The van der Waals surface area contributed by atoms with Crippen molar-refractivity contribution in [2.75, 3.05) is 7.05 Å². The molecule has 0 bridgehead atoms. The van der Waals surface area contributed by atoms with E-state index in [0.717, 1.165) is 12.1 Å². The second-order valence-corrected chi connectivity index (χ2v) is 6.03.